The monoisotopic (exact) mass is 288 g/mol. The van der Waals surface area contributed by atoms with Crippen LogP contribution in [0.1, 0.15) is 42.9 Å². The van der Waals surface area contributed by atoms with Crippen LogP contribution in [0.3, 0.4) is 0 Å². The number of rotatable bonds is 8. The summed E-state index contributed by atoms with van der Waals surface area (Å²) in [4.78, 5) is 0. The molecule has 0 saturated heterocycles. The first-order chi connectivity index (χ1) is 9.76. The molecule has 0 unspecified atom stereocenters. The van der Waals surface area contributed by atoms with Crippen LogP contribution in [0.4, 0.5) is 5.69 Å². The van der Waals surface area contributed by atoms with E-state index in [4.69, 9.17) is 0 Å². The van der Waals surface area contributed by atoms with Crippen LogP contribution in [-0.2, 0) is 19.3 Å². The number of unbranched alkanes of at least 4 members (excludes halogenated alkanes) is 1. The van der Waals surface area contributed by atoms with Crippen molar-refractivity contribution >= 4 is 17.6 Å². The first-order valence-electron chi connectivity index (χ1n) is 7.38. The molecule has 2 rings (SSSR count). The van der Waals surface area contributed by atoms with Crippen LogP contribution in [0.2, 0.25) is 0 Å². The van der Waals surface area contributed by atoms with Crippen LogP contribution in [0, 0.1) is 0 Å². The average Bonchev–Trinajstić information content (AvgIpc) is 2.93. The SMILES string of the molecule is C=CSNC(=C)Nc1c(CCCC)ccc2c1CCC2. The maximum atomic E-state index is 4.04. The second kappa shape index (κ2) is 7.44. The lowest BCUT2D eigenvalue weighted by atomic mass is 9.99. The van der Waals surface area contributed by atoms with Crippen LogP contribution < -0.4 is 10.0 Å². The Balaban J connectivity index is 2.20. The van der Waals surface area contributed by atoms with Gasteiger partial charge >= 0.3 is 0 Å². The highest BCUT2D eigenvalue weighted by Gasteiger charge is 2.18. The number of aryl methyl sites for hydroxylation is 2. The molecule has 0 aliphatic heterocycles. The van der Waals surface area contributed by atoms with Crippen LogP contribution in [-0.4, -0.2) is 0 Å². The Kier molecular flexibility index (Phi) is 5.60. The standard InChI is InChI=1S/C17H24N2S/c1-4-6-8-15-12-11-14-9-7-10-16(14)17(15)18-13(3)19-20-5-2/h5,11-12,18-19H,2-4,6-10H2,1H3. The summed E-state index contributed by atoms with van der Waals surface area (Å²) in [5.41, 5.74) is 5.69. The fraction of sp³-hybridized carbons (Fsp3) is 0.412. The van der Waals surface area contributed by atoms with E-state index in [1.807, 2.05) is 0 Å². The molecule has 108 valence electrons. The lowest BCUT2D eigenvalue weighted by Gasteiger charge is -2.18. The molecule has 0 atom stereocenters. The van der Waals surface area contributed by atoms with Crippen LogP contribution in [0.25, 0.3) is 0 Å². The second-order valence-electron chi connectivity index (χ2n) is 5.18. The molecule has 20 heavy (non-hydrogen) atoms. The van der Waals surface area contributed by atoms with Gasteiger partial charge in [0.2, 0.25) is 0 Å². The van der Waals surface area contributed by atoms with Crippen molar-refractivity contribution in [2.75, 3.05) is 5.32 Å². The Bertz CT molecular complexity index is 494. The van der Waals surface area contributed by atoms with E-state index < -0.39 is 0 Å². The zero-order valence-corrected chi connectivity index (χ0v) is 13.1. The highest BCUT2D eigenvalue weighted by Crippen LogP contribution is 2.33. The molecule has 0 amide bonds. The lowest BCUT2D eigenvalue weighted by molar-refractivity contribution is 0.795. The van der Waals surface area contributed by atoms with Gasteiger partial charge in [-0.3, -0.25) is 0 Å². The van der Waals surface area contributed by atoms with Gasteiger partial charge in [-0.05, 0) is 66.2 Å². The summed E-state index contributed by atoms with van der Waals surface area (Å²) in [5, 5.41) is 5.24. The van der Waals surface area contributed by atoms with Crippen LogP contribution >= 0.6 is 11.9 Å². The zero-order chi connectivity index (χ0) is 14.4. The molecule has 1 aromatic carbocycles. The molecule has 2 N–H and O–H groups in total. The highest BCUT2D eigenvalue weighted by molar-refractivity contribution is 8.00. The van der Waals surface area contributed by atoms with Crippen LogP contribution in [0.5, 0.6) is 0 Å². The van der Waals surface area contributed by atoms with Gasteiger partial charge in [0.1, 0.15) is 5.82 Å². The highest BCUT2D eigenvalue weighted by atomic mass is 32.2. The largest absolute Gasteiger partial charge is 0.341 e. The summed E-state index contributed by atoms with van der Waals surface area (Å²) in [5.74, 6) is 0.827. The van der Waals surface area contributed by atoms with E-state index in [0.717, 1.165) is 12.2 Å². The maximum Gasteiger partial charge on any atom is 0.106 e. The normalized spacial score (nSPS) is 12.8. The van der Waals surface area contributed by atoms with E-state index in [0.29, 0.717) is 0 Å². The summed E-state index contributed by atoms with van der Waals surface area (Å²) >= 11 is 1.44. The first-order valence-corrected chi connectivity index (χ1v) is 8.26. The van der Waals surface area contributed by atoms with E-state index >= 15 is 0 Å². The van der Waals surface area contributed by atoms with Gasteiger partial charge in [-0.2, -0.15) is 0 Å². The molecule has 0 heterocycles. The van der Waals surface area contributed by atoms with E-state index in [9.17, 15) is 0 Å². The topological polar surface area (TPSA) is 24.1 Å². The maximum absolute atomic E-state index is 4.04. The van der Waals surface area contributed by atoms with Crippen molar-refractivity contribution in [2.45, 2.75) is 45.4 Å². The molecule has 0 saturated carbocycles. The summed E-state index contributed by atoms with van der Waals surface area (Å²) in [7, 11) is 0. The van der Waals surface area contributed by atoms with Gasteiger partial charge in [0.05, 0.1) is 0 Å². The smallest absolute Gasteiger partial charge is 0.106 e. The Morgan fingerprint density at radius 3 is 3.00 bits per heavy atom. The molecule has 0 spiro atoms. The third-order valence-electron chi connectivity index (χ3n) is 3.71. The predicted octanol–water partition coefficient (Wildman–Crippen LogP) is 4.78. The fourth-order valence-electron chi connectivity index (χ4n) is 2.74. The fourth-order valence-corrected chi connectivity index (χ4v) is 3.01. The lowest BCUT2D eigenvalue weighted by Crippen LogP contribution is -2.13. The van der Waals surface area contributed by atoms with Gasteiger partial charge in [-0.1, -0.05) is 38.6 Å². The van der Waals surface area contributed by atoms with Crippen molar-refractivity contribution in [3.8, 4) is 0 Å². The third kappa shape index (κ3) is 3.60. The summed E-state index contributed by atoms with van der Waals surface area (Å²) in [6, 6.07) is 4.60. The second-order valence-corrected chi connectivity index (χ2v) is 5.96. The molecule has 1 aromatic rings. The summed E-state index contributed by atoms with van der Waals surface area (Å²) in [6.45, 7) is 9.97. The van der Waals surface area contributed by atoms with Crippen molar-refractivity contribution in [1.82, 2.24) is 4.72 Å². The molecule has 0 fully saturated rings. The van der Waals surface area contributed by atoms with Gasteiger partial charge < -0.3 is 10.0 Å². The van der Waals surface area contributed by atoms with Gasteiger partial charge in [-0.25, -0.2) is 0 Å². The molecular formula is C17H24N2S. The molecule has 1 aliphatic rings. The van der Waals surface area contributed by atoms with Crippen molar-refractivity contribution in [3.63, 3.8) is 0 Å². The molecule has 1 aliphatic carbocycles. The van der Waals surface area contributed by atoms with E-state index in [2.05, 4.69) is 42.3 Å². The van der Waals surface area contributed by atoms with Gasteiger partial charge in [0.25, 0.3) is 0 Å². The molecule has 0 bridgehead atoms. The van der Waals surface area contributed by atoms with Gasteiger partial charge in [0.15, 0.2) is 0 Å². The van der Waals surface area contributed by atoms with Gasteiger partial charge in [0, 0.05) is 5.69 Å². The van der Waals surface area contributed by atoms with E-state index in [1.54, 1.807) is 5.41 Å². The summed E-state index contributed by atoms with van der Waals surface area (Å²) in [6.07, 6.45) is 7.24. The molecule has 0 radical (unpaired) electrons. The predicted molar refractivity (Wildman–Crippen MR) is 90.8 cm³/mol. The Morgan fingerprint density at radius 1 is 1.40 bits per heavy atom. The van der Waals surface area contributed by atoms with Crippen LogP contribution in [0.15, 0.2) is 36.5 Å². The number of fused-ring (bicyclic) bond motifs is 1. The van der Waals surface area contributed by atoms with Crippen molar-refractivity contribution in [1.29, 1.82) is 0 Å². The molecule has 2 nitrogen and oxygen atoms in total. The van der Waals surface area contributed by atoms with Crippen molar-refractivity contribution in [3.05, 3.63) is 53.2 Å². The van der Waals surface area contributed by atoms with E-state index in [-0.39, 0.29) is 0 Å². The molecular weight excluding hydrogens is 264 g/mol. The third-order valence-corrected chi connectivity index (χ3v) is 4.24. The number of anilines is 1. The Morgan fingerprint density at radius 2 is 2.25 bits per heavy atom. The van der Waals surface area contributed by atoms with Gasteiger partial charge in [-0.15, -0.1) is 0 Å². The minimum Gasteiger partial charge on any atom is -0.341 e. The minimum atomic E-state index is 0.827. The summed E-state index contributed by atoms with van der Waals surface area (Å²) < 4.78 is 3.15. The Hall–Kier alpha value is -1.35. The molecule has 3 heteroatoms. The van der Waals surface area contributed by atoms with Crippen molar-refractivity contribution < 1.29 is 0 Å². The first kappa shape index (κ1) is 15.0. The number of benzene rings is 1. The van der Waals surface area contributed by atoms with Crippen molar-refractivity contribution in [2.24, 2.45) is 0 Å². The quantitative estimate of drug-likeness (QED) is 0.673. The average molecular weight is 288 g/mol. The number of hydrogen-bond donors (Lipinski definition) is 2. The van der Waals surface area contributed by atoms with E-state index in [1.165, 1.54) is 66.4 Å². The minimum absolute atomic E-state index is 0.827. The molecule has 0 aromatic heterocycles. The Labute approximate surface area is 126 Å². The zero-order valence-electron chi connectivity index (χ0n) is 12.3. The number of nitrogens with one attached hydrogen (secondary N) is 2. The number of hydrogen-bond acceptors (Lipinski definition) is 3.